The fourth-order valence-electron chi connectivity index (χ4n) is 3.59. The van der Waals surface area contributed by atoms with Gasteiger partial charge in [0.25, 0.3) is 20.0 Å². The van der Waals surface area contributed by atoms with Crippen LogP contribution in [0.25, 0.3) is 22.6 Å². The second-order valence-corrected chi connectivity index (χ2v) is 11.5. The highest BCUT2D eigenvalue weighted by molar-refractivity contribution is 7.93. The quantitative estimate of drug-likeness (QED) is 0.224. The Bertz CT molecular complexity index is 1830. The molecule has 1 aromatic heterocycles. The maximum absolute atomic E-state index is 12.7. The molecule has 0 bridgehead atoms. The minimum atomic E-state index is -3.84. The molecule has 37 heavy (non-hydrogen) atoms. The van der Waals surface area contributed by atoms with E-state index in [4.69, 9.17) is 15.9 Å². The highest BCUT2D eigenvalue weighted by Crippen LogP contribution is 2.29. The zero-order valence-corrected chi connectivity index (χ0v) is 20.8. The van der Waals surface area contributed by atoms with Gasteiger partial charge in [-0.15, -0.1) is 0 Å². The molecule has 6 N–H and O–H groups in total. The van der Waals surface area contributed by atoms with Gasteiger partial charge < -0.3 is 15.9 Å². The van der Waals surface area contributed by atoms with E-state index in [9.17, 15) is 16.8 Å². The fraction of sp³-hybridized carbons (Fsp3) is 0. The minimum absolute atomic E-state index is 0.0416. The summed E-state index contributed by atoms with van der Waals surface area (Å²) < 4.78 is 61.4. The number of nitrogens with zero attached hydrogens (tertiary/aromatic N) is 1. The Kier molecular flexibility index (Phi) is 5.97. The van der Waals surface area contributed by atoms with Gasteiger partial charge in [-0.1, -0.05) is 12.1 Å². The van der Waals surface area contributed by atoms with Crippen molar-refractivity contribution in [1.29, 1.82) is 0 Å². The van der Waals surface area contributed by atoms with Crippen molar-refractivity contribution in [3.8, 4) is 11.5 Å². The van der Waals surface area contributed by atoms with Crippen LogP contribution in [0.5, 0.6) is 0 Å². The molecule has 0 atom stereocenters. The van der Waals surface area contributed by atoms with E-state index < -0.39 is 20.0 Å². The lowest BCUT2D eigenvalue weighted by Crippen LogP contribution is -2.13. The molecule has 0 amide bonds. The standard InChI is InChI=1S/C25H21N5O5S2/c26-17-3-1-5-21(13-17)36(31,32)29-19-9-7-16(8-10-19)25-28-23-15-20(11-12-24(23)35-25)30-37(33,34)22-6-2-4-18(27)14-22/h1-15,29-30H,26-27H2. The van der Waals surface area contributed by atoms with E-state index in [1.165, 1.54) is 24.3 Å². The third-order valence-corrected chi connectivity index (χ3v) is 8.12. The first-order valence-corrected chi connectivity index (χ1v) is 13.8. The van der Waals surface area contributed by atoms with Crippen LogP contribution in [0.1, 0.15) is 0 Å². The number of oxazole rings is 1. The molecule has 5 aromatic rings. The summed E-state index contributed by atoms with van der Waals surface area (Å²) in [5.41, 5.74) is 14.2. The molecule has 0 saturated carbocycles. The van der Waals surface area contributed by atoms with Gasteiger partial charge in [0.1, 0.15) is 5.52 Å². The Morgan fingerprint density at radius 1 is 0.649 bits per heavy atom. The first-order chi connectivity index (χ1) is 17.6. The number of hydrogen-bond acceptors (Lipinski definition) is 8. The number of rotatable bonds is 7. The summed E-state index contributed by atoms with van der Waals surface area (Å²) >= 11 is 0. The molecule has 12 heteroatoms. The molecule has 0 aliphatic carbocycles. The van der Waals surface area contributed by atoms with Crippen LogP contribution in [-0.4, -0.2) is 21.8 Å². The van der Waals surface area contributed by atoms with Crippen LogP contribution in [0.15, 0.2) is 105 Å². The van der Waals surface area contributed by atoms with Crippen LogP contribution in [-0.2, 0) is 20.0 Å². The fourth-order valence-corrected chi connectivity index (χ4v) is 5.80. The van der Waals surface area contributed by atoms with E-state index in [0.717, 1.165) is 0 Å². The number of anilines is 4. The summed E-state index contributed by atoms with van der Waals surface area (Å²) in [6.07, 6.45) is 0. The lowest BCUT2D eigenvalue weighted by molar-refractivity contribution is 0.599. The van der Waals surface area contributed by atoms with Gasteiger partial charge in [0.2, 0.25) is 5.89 Å². The molecule has 1 heterocycles. The number of benzene rings is 4. The molecule has 0 radical (unpaired) electrons. The molecule has 4 aromatic carbocycles. The van der Waals surface area contributed by atoms with Crippen molar-refractivity contribution in [1.82, 2.24) is 4.98 Å². The van der Waals surface area contributed by atoms with Crippen LogP contribution >= 0.6 is 0 Å². The topological polar surface area (TPSA) is 170 Å². The minimum Gasteiger partial charge on any atom is -0.436 e. The van der Waals surface area contributed by atoms with Crippen molar-refractivity contribution in [2.45, 2.75) is 9.79 Å². The van der Waals surface area contributed by atoms with E-state index in [1.54, 1.807) is 66.7 Å². The predicted octanol–water partition coefficient (Wildman–Crippen LogP) is 4.26. The number of nitrogens with one attached hydrogen (secondary N) is 2. The van der Waals surface area contributed by atoms with Crippen molar-refractivity contribution in [3.63, 3.8) is 0 Å². The van der Waals surface area contributed by atoms with Gasteiger partial charge in [-0.25, -0.2) is 21.8 Å². The van der Waals surface area contributed by atoms with Crippen LogP contribution in [0.2, 0.25) is 0 Å². The first kappa shape index (κ1) is 24.2. The molecular weight excluding hydrogens is 514 g/mol. The van der Waals surface area contributed by atoms with E-state index in [1.807, 2.05) is 0 Å². The number of fused-ring (bicyclic) bond motifs is 1. The highest BCUT2D eigenvalue weighted by Gasteiger charge is 2.17. The van der Waals surface area contributed by atoms with Gasteiger partial charge in [0, 0.05) is 22.6 Å². The number of sulfonamides is 2. The average Bonchev–Trinajstić information content (AvgIpc) is 3.27. The number of aromatic nitrogens is 1. The zero-order valence-electron chi connectivity index (χ0n) is 19.1. The summed E-state index contributed by atoms with van der Waals surface area (Å²) in [4.78, 5) is 4.54. The molecule has 0 unspecified atom stereocenters. The Labute approximate surface area is 213 Å². The molecule has 188 valence electrons. The predicted molar refractivity (Wildman–Crippen MR) is 143 cm³/mol. The number of nitrogens with two attached hydrogens (primary N) is 2. The van der Waals surface area contributed by atoms with Gasteiger partial charge >= 0.3 is 0 Å². The third-order valence-electron chi connectivity index (χ3n) is 5.36. The first-order valence-electron chi connectivity index (χ1n) is 10.9. The molecule has 0 saturated heterocycles. The average molecular weight is 536 g/mol. The number of hydrogen-bond donors (Lipinski definition) is 4. The summed E-state index contributed by atoms with van der Waals surface area (Å²) in [6, 6.07) is 23.2. The highest BCUT2D eigenvalue weighted by atomic mass is 32.2. The SMILES string of the molecule is Nc1cccc(S(=O)(=O)Nc2ccc(-c3nc4cc(NS(=O)(=O)c5cccc(N)c5)ccc4o3)cc2)c1. The van der Waals surface area contributed by atoms with Crippen molar-refractivity contribution < 1.29 is 21.3 Å². The van der Waals surface area contributed by atoms with Gasteiger partial charge in [-0.3, -0.25) is 9.44 Å². The summed E-state index contributed by atoms with van der Waals surface area (Å²) in [5.74, 6) is 0.288. The molecule has 0 aliphatic heterocycles. The van der Waals surface area contributed by atoms with E-state index in [-0.39, 0.29) is 15.7 Å². The van der Waals surface area contributed by atoms with Crippen molar-refractivity contribution in [3.05, 3.63) is 91.0 Å². The molecule has 0 aliphatic rings. The molecule has 5 rings (SSSR count). The zero-order chi connectivity index (χ0) is 26.2. The Morgan fingerprint density at radius 2 is 1.19 bits per heavy atom. The lowest BCUT2D eigenvalue weighted by atomic mass is 10.2. The Hall–Kier alpha value is -4.55. The third kappa shape index (κ3) is 5.20. The second kappa shape index (κ2) is 9.15. The monoisotopic (exact) mass is 535 g/mol. The van der Waals surface area contributed by atoms with Crippen LogP contribution in [0, 0.1) is 0 Å². The van der Waals surface area contributed by atoms with Crippen LogP contribution in [0.3, 0.4) is 0 Å². The Morgan fingerprint density at radius 3 is 1.76 bits per heavy atom. The van der Waals surface area contributed by atoms with Crippen molar-refractivity contribution >= 4 is 53.9 Å². The lowest BCUT2D eigenvalue weighted by Gasteiger charge is -2.09. The maximum atomic E-state index is 12.7. The molecule has 0 fully saturated rings. The van der Waals surface area contributed by atoms with E-state index >= 15 is 0 Å². The van der Waals surface area contributed by atoms with Crippen LogP contribution in [0.4, 0.5) is 22.7 Å². The smallest absolute Gasteiger partial charge is 0.261 e. The summed E-state index contributed by atoms with van der Waals surface area (Å²) in [5, 5.41) is 0. The maximum Gasteiger partial charge on any atom is 0.261 e. The molecule has 10 nitrogen and oxygen atoms in total. The van der Waals surface area contributed by atoms with E-state index in [2.05, 4.69) is 14.4 Å². The Balaban J connectivity index is 1.35. The largest absolute Gasteiger partial charge is 0.436 e. The normalized spacial score (nSPS) is 11.9. The van der Waals surface area contributed by atoms with Gasteiger partial charge in [0.05, 0.1) is 15.5 Å². The van der Waals surface area contributed by atoms with Gasteiger partial charge in [0.15, 0.2) is 5.58 Å². The van der Waals surface area contributed by atoms with Gasteiger partial charge in [-0.2, -0.15) is 0 Å². The molecule has 0 spiro atoms. The molecular formula is C25H21N5O5S2. The van der Waals surface area contributed by atoms with Gasteiger partial charge in [-0.05, 0) is 78.9 Å². The van der Waals surface area contributed by atoms with Crippen molar-refractivity contribution in [2.75, 3.05) is 20.9 Å². The van der Waals surface area contributed by atoms with Crippen molar-refractivity contribution in [2.24, 2.45) is 0 Å². The van der Waals surface area contributed by atoms with Crippen LogP contribution < -0.4 is 20.9 Å². The summed E-state index contributed by atoms with van der Waals surface area (Å²) in [7, 11) is -7.65. The number of nitrogen functional groups attached to an aromatic ring is 2. The second-order valence-electron chi connectivity index (χ2n) is 8.13. The summed E-state index contributed by atoms with van der Waals surface area (Å²) in [6.45, 7) is 0. The van der Waals surface area contributed by atoms with E-state index in [0.29, 0.717) is 39.4 Å².